The predicted octanol–water partition coefficient (Wildman–Crippen LogP) is 5.39. The number of β-amino-alcohol motifs (C(OH)–C–C–N with tert-alkyl or cyclic N) is 1. The fourth-order valence-corrected chi connectivity index (χ4v) is 5.87. The van der Waals surface area contributed by atoms with Crippen LogP contribution in [0.4, 0.5) is 0 Å². The smallest absolute Gasteiger partial charge is 0.251 e. The first kappa shape index (κ1) is 29.2. The van der Waals surface area contributed by atoms with Crippen LogP contribution in [-0.2, 0) is 22.6 Å². The molecule has 4 atom stereocenters. The highest BCUT2D eigenvalue weighted by Gasteiger charge is 2.34. The van der Waals surface area contributed by atoms with Gasteiger partial charge in [0.15, 0.2) is 6.29 Å². The van der Waals surface area contributed by atoms with Crippen molar-refractivity contribution in [3.63, 3.8) is 0 Å². The Balaban J connectivity index is 1.15. The molecule has 0 saturated carbocycles. The number of ether oxygens (including phenoxy) is 2. The number of hydrogen-bond acceptors (Lipinski definition) is 6. The lowest BCUT2D eigenvalue weighted by Crippen LogP contribution is -2.38. The predicted molar refractivity (Wildman–Crippen MR) is 165 cm³/mol. The van der Waals surface area contributed by atoms with E-state index < -0.39 is 6.29 Å². The standard InChI is InChI=1S/C36H38N2O5/c39-24-25-9-11-28(12-10-25)34-20-33(23-38-18-17-32(40)22-38)42-36(43-34)30-15-13-27(14-16-30)31-8-4-5-26(19-31)21-37-35(41)29-6-2-1-3-7-29/h1-16,19,32-34,36,39-40H,17-18,20-24H2,(H,37,41)/t32-,33+,34-,36-/m0/s1. The van der Waals surface area contributed by atoms with Crippen molar-refractivity contribution in [1.29, 1.82) is 0 Å². The van der Waals surface area contributed by atoms with Gasteiger partial charge in [-0.15, -0.1) is 0 Å². The molecule has 2 heterocycles. The van der Waals surface area contributed by atoms with Crippen molar-refractivity contribution < 1.29 is 24.5 Å². The van der Waals surface area contributed by atoms with Gasteiger partial charge in [-0.3, -0.25) is 9.69 Å². The summed E-state index contributed by atoms with van der Waals surface area (Å²) in [7, 11) is 0. The maximum Gasteiger partial charge on any atom is 0.251 e. The van der Waals surface area contributed by atoms with Crippen LogP contribution < -0.4 is 5.32 Å². The molecule has 43 heavy (non-hydrogen) atoms. The fraction of sp³-hybridized carbons (Fsp3) is 0.306. The summed E-state index contributed by atoms with van der Waals surface area (Å²) in [4.78, 5) is 14.7. The Bertz CT molecular complexity index is 1490. The summed E-state index contributed by atoms with van der Waals surface area (Å²) in [6, 6.07) is 33.6. The maximum absolute atomic E-state index is 12.5. The van der Waals surface area contributed by atoms with E-state index in [0.29, 0.717) is 25.1 Å². The van der Waals surface area contributed by atoms with E-state index >= 15 is 0 Å². The van der Waals surface area contributed by atoms with E-state index in [2.05, 4.69) is 46.6 Å². The number of carbonyl (C=O) groups is 1. The quantitative estimate of drug-likeness (QED) is 0.247. The SMILES string of the molecule is O=C(NCc1cccc(-c2ccc([C@H]3O[C@@H](CN4CC[C@H](O)C4)C[C@@H](c4ccc(CO)cc4)O3)cc2)c1)c1ccccc1. The molecule has 2 aliphatic heterocycles. The van der Waals surface area contributed by atoms with Gasteiger partial charge in [0, 0.05) is 43.7 Å². The number of nitrogens with zero attached hydrogens (tertiary/aromatic N) is 1. The van der Waals surface area contributed by atoms with Crippen LogP contribution in [0.3, 0.4) is 0 Å². The molecule has 2 aliphatic rings. The number of hydrogen-bond donors (Lipinski definition) is 3. The molecule has 4 aromatic carbocycles. The monoisotopic (exact) mass is 578 g/mol. The number of amides is 1. The molecule has 6 rings (SSSR count). The fourth-order valence-electron chi connectivity index (χ4n) is 5.87. The molecule has 4 aromatic rings. The molecule has 1 amide bonds. The first-order chi connectivity index (χ1) is 21.0. The normalized spacial score (nSPS) is 22.4. The number of likely N-dealkylation sites (tertiary alicyclic amines) is 1. The number of aliphatic hydroxyl groups is 2. The maximum atomic E-state index is 12.5. The molecule has 7 heteroatoms. The van der Waals surface area contributed by atoms with Crippen LogP contribution in [0, 0.1) is 0 Å². The summed E-state index contributed by atoms with van der Waals surface area (Å²) in [5.41, 5.74) is 6.67. The van der Waals surface area contributed by atoms with E-state index in [0.717, 1.165) is 52.9 Å². The van der Waals surface area contributed by atoms with E-state index in [1.165, 1.54) is 0 Å². The number of nitrogens with one attached hydrogen (secondary N) is 1. The van der Waals surface area contributed by atoms with Crippen molar-refractivity contribution in [2.45, 2.75) is 50.6 Å². The number of aliphatic hydroxyl groups excluding tert-OH is 2. The number of rotatable bonds is 9. The van der Waals surface area contributed by atoms with Crippen molar-refractivity contribution >= 4 is 5.91 Å². The van der Waals surface area contributed by atoms with Gasteiger partial charge in [0.2, 0.25) is 0 Å². The molecule has 2 saturated heterocycles. The summed E-state index contributed by atoms with van der Waals surface area (Å²) in [5.74, 6) is -0.0929. The molecule has 0 aliphatic carbocycles. The Kier molecular flexibility index (Phi) is 9.27. The second-order valence-electron chi connectivity index (χ2n) is 11.4. The zero-order chi connectivity index (χ0) is 29.6. The third-order valence-corrected chi connectivity index (χ3v) is 8.26. The summed E-state index contributed by atoms with van der Waals surface area (Å²) < 4.78 is 13.0. The lowest BCUT2D eigenvalue weighted by atomic mass is 9.99. The molecule has 0 aromatic heterocycles. The zero-order valence-corrected chi connectivity index (χ0v) is 24.1. The van der Waals surface area contributed by atoms with Crippen molar-refractivity contribution in [1.82, 2.24) is 10.2 Å². The third kappa shape index (κ3) is 7.39. The van der Waals surface area contributed by atoms with Crippen LogP contribution in [0.2, 0.25) is 0 Å². The van der Waals surface area contributed by atoms with Gasteiger partial charge >= 0.3 is 0 Å². The summed E-state index contributed by atoms with van der Waals surface area (Å²) in [6.45, 7) is 2.74. The minimum atomic E-state index is -0.526. The molecule has 0 spiro atoms. The third-order valence-electron chi connectivity index (χ3n) is 8.26. The van der Waals surface area contributed by atoms with Gasteiger partial charge in [0.05, 0.1) is 24.9 Å². The van der Waals surface area contributed by atoms with Crippen LogP contribution in [0.25, 0.3) is 11.1 Å². The van der Waals surface area contributed by atoms with Gasteiger partial charge in [0.25, 0.3) is 5.91 Å². The highest BCUT2D eigenvalue weighted by Crippen LogP contribution is 2.39. The minimum Gasteiger partial charge on any atom is -0.392 e. The van der Waals surface area contributed by atoms with Crippen molar-refractivity contribution in [3.05, 3.63) is 131 Å². The lowest BCUT2D eigenvalue weighted by molar-refractivity contribution is -0.252. The van der Waals surface area contributed by atoms with E-state index in [-0.39, 0.29) is 30.8 Å². The molecule has 0 unspecified atom stereocenters. The Morgan fingerprint density at radius 2 is 1.60 bits per heavy atom. The van der Waals surface area contributed by atoms with Crippen LogP contribution in [0.5, 0.6) is 0 Å². The van der Waals surface area contributed by atoms with E-state index in [9.17, 15) is 15.0 Å². The molecule has 0 bridgehead atoms. The van der Waals surface area contributed by atoms with Gasteiger partial charge < -0.3 is 25.0 Å². The zero-order valence-electron chi connectivity index (χ0n) is 24.1. The Hall–Kier alpha value is -3.85. The lowest BCUT2D eigenvalue weighted by Gasteiger charge is -2.37. The Morgan fingerprint density at radius 1 is 0.837 bits per heavy atom. The molecule has 3 N–H and O–H groups in total. The molecular weight excluding hydrogens is 540 g/mol. The van der Waals surface area contributed by atoms with Crippen molar-refractivity contribution in [3.8, 4) is 11.1 Å². The molecular formula is C36H38N2O5. The van der Waals surface area contributed by atoms with Gasteiger partial charge in [-0.1, -0.05) is 84.9 Å². The Morgan fingerprint density at radius 3 is 2.33 bits per heavy atom. The van der Waals surface area contributed by atoms with Crippen LogP contribution >= 0.6 is 0 Å². The second-order valence-corrected chi connectivity index (χ2v) is 11.4. The van der Waals surface area contributed by atoms with E-state index in [1.54, 1.807) is 12.1 Å². The van der Waals surface area contributed by atoms with Crippen LogP contribution in [0.15, 0.2) is 103 Å². The molecule has 7 nitrogen and oxygen atoms in total. The van der Waals surface area contributed by atoms with Crippen molar-refractivity contribution in [2.75, 3.05) is 19.6 Å². The van der Waals surface area contributed by atoms with E-state index in [1.807, 2.05) is 54.6 Å². The molecule has 222 valence electrons. The number of carbonyl (C=O) groups excluding carboxylic acids is 1. The first-order valence-corrected chi connectivity index (χ1v) is 15.0. The largest absolute Gasteiger partial charge is 0.392 e. The van der Waals surface area contributed by atoms with Gasteiger partial charge in [-0.25, -0.2) is 0 Å². The molecule has 0 radical (unpaired) electrons. The summed E-state index contributed by atoms with van der Waals surface area (Å²) in [6.07, 6.45) is 0.514. The highest BCUT2D eigenvalue weighted by atomic mass is 16.7. The second kappa shape index (κ2) is 13.6. The van der Waals surface area contributed by atoms with Gasteiger partial charge in [-0.2, -0.15) is 0 Å². The summed E-state index contributed by atoms with van der Waals surface area (Å²) in [5, 5.41) is 22.5. The number of benzene rings is 4. The first-order valence-electron chi connectivity index (χ1n) is 15.0. The van der Waals surface area contributed by atoms with Gasteiger partial charge in [-0.05, 0) is 52.4 Å². The molecule has 2 fully saturated rings. The Labute approximate surface area is 252 Å². The van der Waals surface area contributed by atoms with Crippen LogP contribution in [0.1, 0.15) is 57.8 Å². The average Bonchev–Trinajstić information content (AvgIpc) is 3.48. The summed E-state index contributed by atoms with van der Waals surface area (Å²) >= 11 is 0. The van der Waals surface area contributed by atoms with Crippen LogP contribution in [-0.4, -0.2) is 52.9 Å². The van der Waals surface area contributed by atoms with Crippen molar-refractivity contribution in [2.24, 2.45) is 0 Å². The highest BCUT2D eigenvalue weighted by molar-refractivity contribution is 5.94. The van der Waals surface area contributed by atoms with E-state index in [4.69, 9.17) is 9.47 Å². The average molecular weight is 579 g/mol. The minimum absolute atomic E-state index is 0.00896. The topological polar surface area (TPSA) is 91.3 Å². The van der Waals surface area contributed by atoms with Gasteiger partial charge in [0.1, 0.15) is 0 Å².